The summed E-state index contributed by atoms with van der Waals surface area (Å²) in [4.78, 5) is 0. The molecule has 1 rings (SSSR count). The first-order valence-corrected chi connectivity index (χ1v) is 7.83. The monoisotopic (exact) mass is 265 g/mol. The molecule has 0 aliphatic rings. The maximum atomic E-state index is 4.66. The Hall–Kier alpha value is -0.830. The summed E-state index contributed by atoms with van der Waals surface area (Å²) in [5.41, 5.74) is 2.50. The summed E-state index contributed by atoms with van der Waals surface area (Å²) in [6.45, 7) is 13.0. The molecule has 1 N–H and O–H groups in total. The van der Waals surface area contributed by atoms with Gasteiger partial charge >= 0.3 is 0 Å². The lowest BCUT2D eigenvalue weighted by Gasteiger charge is -2.14. The van der Waals surface area contributed by atoms with Crippen molar-refractivity contribution < 1.29 is 0 Å². The van der Waals surface area contributed by atoms with Crippen molar-refractivity contribution in [3.8, 4) is 0 Å². The number of nitrogens with one attached hydrogen (secondary N) is 1. The van der Waals surface area contributed by atoms with Crippen molar-refractivity contribution in [3.05, 3.63) is 17.5 Å². The summed E-state index contributed by atoms with van der Waals surface area (Å²) in [7, 11) is 0. The highest BCUT2D eigenvalue weighted by Crippen LogP contribution is 2.16. The Kier molecular flexibility index (Phi) is 7.14. The minimum atomic E-state index is 0.524. The van der Waals surface area contributed by atoms with Crippen LogP contribution in [-0.4, -0.2) is 15.8 Å². The van der Waals surface area contributed by atoms with E-state index in [1.807, 2.05) is 0 Å². The average Bonchev–Trinajstić information content (AvgIpc) is 2.72. The molecule has 0 radical (unpaired) electrons. The van der Waals surface area contributed by atoms with Gasteiger partial charge in [0.25, 0.3) is 0 Å². The van der Waals surface area contributed by atoms with Crippen LogP contribution in [0.15, 0.2) is 6.20 Å². The SMILES string of the molecule is CCCCC(CC)Cn1cc(CNC(C)C)c(C)n1. The largest absolute Gasteiger partial charge is 0.310 e. The summed E-state index contributed by atoms with van der Waals surface area (Å²) in [5, 5.41) is 8.13. The number of nitrogens with zero attached hydrogens (tertiary/aromatic N) is 2. The third kappa shape index (κ3) is 5.77. The normalized spacial score (nSPS) is 13.2. The minimum absolute atomic E-state index is 0.524. The van der Waals surface area contributed by atoms with Crippen molar-refractivity contribution in [2.75, 3.05) is 0 Å². The lowest BCUT2D eigenvalue weighted by molar-refractivity contribution is 0.371. The molecule has 1 aromatic heterocycles. The maximum absolute atomic E-state index is 4.66. The number of rotatable bonds is 9. The van der Waals surface area contributed by atoms with Crippen molar-refractivity contribution >= 4 is 0 Å². The third-order valence-corrected chi connectivity index (χ3v) is 3.74. The van der Waals surface area contributed by atoms with E-state index in [1.165, 1.54) is 36.9 Å². The van der Waals surface area contributed by atoms with E-state index in [0.29, 0.717) is 6.04 Å². The smallest absolute Gasteiger partial charge is 0.0638 e. The van der Waals surface area contributed by atoms with Crippen LogP contribution in [0.25, 0.3) is 0 Å². The number of aryl methyl sites for hydroxylation is 1. The van der Waals surface area contributed by atoms with E-state index in [9.17, 15) is 0 Å². The number of unbranched alkanes of at least 4 members (excludes halogenated alkanes) is 1. The summed E-state index contributed by atoms with van der Waals surface area (Å²) in [6, 6.07) is 0.524. The first-order chi connectivity index (χ1) is 9.06. The van der Waals surface area contributed by atoms with Gasteiger partial charge in [0, 0.05) is 30.9 Å². The summed E-state index contributed by atoms with van der Waals surface area (Å²) in [5.74, 6) is 0.769. The zero-order chi connectivity index (χ0) is 14.3. The van der Waals surface area contributed by atoms with Gasteiger partial charge in [-0.3, -0.25) is 4.68 Å². The van der Waals surface area contributed by atoms with Gasteiger partial charge in [0.1, 0.15) is 0 Å². The molecule has 0 saturated carbocycles. The average molecular weight is 265 g/mol. The Morgan fingerprint density at radius 1 is 1.32 bits per heavy atom. The zero-order valence-electron chi connectivity index (χ0n) is 13.4. The van der Waals surface area contributed by atoms with Gasteiger partial charge < -0.3 is 5.32 Å². The molecular formula is C16H31N3. The van der Waals surface area contributed by atoms with Gasteiger partial charge in [0.2, 0.25) is 0 Å². The molecule has 0 fully saturated rings. The molecule has 1 heterocycles. The summed E-state index contributed by atoms with van der Waals surface area (Å²) >= 11 is 0. The predicted octanol–water partition coefficient (Wildman–Crippen LogP) is 3.91. The Labute approximate surface area is 118 Å². The van der Waals surface area contributed by atoms with E-state index in [1.54, 1.807) is 0 Å². The van der Waals surface area contributed by atoms with E-state index >= 15 is 0 Å². The molecule has 1 atom stereocenters. The van der Waals surface area contributed by atoms with Crippen LogP contribution in [-0.2, 0) is 13.1 Å². The number of aromatic nitrogens is 2. The lowest BCUT2D eigenvalue weighted by atomic mass is 9.99. The van der Waals surface area contributed by atoms with Crippen LogP contribution < -0.4 is 5.32 Å². The maximum Gasteiger partial charge on any atom is 0.0638 e. The molecule has 0 bridgehead atoms. The van der Waals surface area contributed by atoms with Gasteiger partial charge in [0.05, 0.1) is 5.69 Å². The highest BCUT2D eigenvalue weighted by atomic mass is 15.3. The lowest BCUT2D eigenvalue weighted by Crippen LogP contribution is -2.21. The molecule has 0 amide bonds. The Morgan fingerprint density at radius 2 is 2.05 bits per heavy atom. The standard InChI is InChI=1S/C16H31N3/c1-6-8-9-15(7-2)11-19-12-16(14(5)18-19)10-17-13(3)4/h12-13,15,17H,6-11H2,1-5H3. The molecule has 1 unspecified atom stereocenters. The molecule has 0 aliphatic heterocycles. The molecule has 3 nitrogen and oxygen atoms in total. The van der Waals surface area contributed by atoms with Gasteiger partial charge in [-0.15, -0.1) is 0 Å². The highest BCUT2D eigenvalue weighted by Gasteiger charge is 2.10. The van der Waals surface area contributed by atoms with Crippen LogP contribution in [0.5, 0.6) is 0 Å². The Balaban J connectivity index is 2.56. The molecule has 0 aliphatic carbocycles. The van der Waals surface area contributed by atoms with Crippen molar-refractivity contribution in [2.45, 2.75) is 79.4 Å². The van der Waals surface area contributed by atoms with Gasteiger partial charge in [-0.25, -0.2) is 0 Å². The minimum Gasteiger partial charge on any atom is -0.310 e. The zero-order valence-corrected chi connectivity index (χ0v) is 13.4. The van der Waals surface area contributed by atoms with Crippen LogP contribution in [0.1, 0.15) is 64.6 Å². The molecule has 3 heteroatoms. The second kappa shape index (κ2) is 8.36. The number of hydrogen-bond donors (Lipinski definition) is 1. The second-order valence-electron chi connectivity index (χ2n) is 5.91. The van der Waals surface area contributed by atoms with E-state index in [4.69, 9.17) is 0 Å². The molecule has 110 valence electrons. The van der Waals surface area contributed by atoms with Crippen molar-refractivity contribution in [3.63, 3.8) is 0 Å². The van der Waals surface area contributed by atoms with Gasteiger partial charge in [-0.05, 0) is 19.3 Å². The van der Waals surface area contributed by atoms with E-state index in [2.05, 4.69) is 55.9 Å². The first-order valence-electron chi connectivity index (χ1n) is 7.83. The van der Waals surface area contributed by atoms with E-state index in [0.717, 1.165) is 19.0 Å². The molecule has 1 aromatic rings. The summed E-state index contributed by atoms with van der Waals surface area (Å²) in [6.07, 6.45) is 7.42. The number of hydrogen-bond acceptors (Lipinski definition) is 2. The molecule has 19 heavy (non-hydrogen) atoms. The fraction of sp³-hybridized carbons (Fsp3) is 0.812. The van der Waals surface area contributed by atoms with Crippen LogP contribution >= 0.6 is 0 Å². The van der Waals surface area contributed by atoms with E-state index in [-0.39, 0.29) is 0 Å². The fourth-order valence-corrected chi connectivity index (χ4v) is 2.32. The molecule has 0 aromatic carbocycles. The van der Waals surface area contributed by atoms with E-state index < -0.39 is 0 Å². The van der Waals surface area contributed by atoms with Crippen molar-refractivity contribution in [1.29, 1.82) is 0 Å². The molecule has 0 spiro atoms. The third-order valence-electron chi connectivity index (χ3n) is 3.74. The highest BCUT2D eigenvalue weighted by molar-refractivity contribution is 5.15. The summed E-state index contributed by atoms with van der Waals surface area (Å²) < 4.78 is 2.15. The van der Waals surface area contributed by atoms with Gasteiger partial charge in [-0.2, -0.15) is 5.10 Å². The van der Waals surface area contributed by atoms with Crippen molar-refractivity contribution in [1.82, 2.24) is 15.1 Å². The predicted molar refractivity (Wildman–Crippen MR) is 82.2 cm³/mol. The molecular weight excluding hydrogens is 234 g/mol. The second-order valence-corrected chi connectivity index (χ2v) is 5.91. The van der Waals surface area contributed by atoms with Gasteiger partial charge in [0.15, 0.2) is 0 Å². The van der Waals surface area contributed by atoms with Crippen LogP contribution in [0.4, 0.5) is 0 Å². The van der Waals surface area contributed by atoms with Crippen molar-refractivity contribution in [2.24, 2.45) is 5.92 Å². The van der Waals surface area contributed by atoms with Crippen LogP contribution in [0, 0.1) is 12.8 Å². The van der Waals surface area contributed by atoms with Gasteiger partial charge in [-0.1, -0.05) is 47.0 Å². The first kappa shape index (κ1) is 16.2. The topological polar surface area (TPSA) is 29.9 Å². The Morgan fingerprint density at radius 3 is 2.63 bits per heavy atom. The quantitative estimate of drug-likeness (QED) is 0.733. The molecule has 0 saturated heterocycles. The van der Waals surface area contributed by atoms with Crippen LogP contribution in [0.3, 0.4) is 0 Å². The Bertz CT molecular complexity index is 355. The van der Waals surface area contributed by atoms with Crippen LogP contribution in [0.2, 0.25) is 0 Å². The fourth-order valence-electron chi connectivity index (χ4n) is 2.32.